The molecule has 1 spiro atoms. The van der Waals surface area contributed by atoms with E-state index >= 15 is 0 Å². The monoisotopic (exact) mass is 395 g/mol. The molecule has 29 heavy (non-hydrogen) atoms. The van der Waals surface area contributed by atoms with Gasteiger partial charge in [-0.2, -0.15) is 0 Å². The van der Waals surface area contributed by atoms with Crippen LogP contribution in [0.25, 0.3) is 0 Å². The van der Waals surface area contributed by atoms with E-state index in [9.17, 15) is 9.59 Å². The number of methoxy groups -OCH3 is 1. The SMILES string of the molecule is COc1ncccc1C(=O)N1CCCC2(CC1)CN(c1ccccc1)C(=O)CO2. The molecule has 7 nitrogen and oxygen atoms in total. The van der Waals surface area contributed by atoms with Gasteiger partial charge in [0.1, 0.15) is 12.2 Å². The van der Waals surface area contributed by atoms with E-state index in [2.05, 4.69) is 4.98 Å². The molecule has 0 N–H and O–H groups in total. The molecule has 1 aromatic heterocycles. The van der Waals surface area contributed by atoms with Gasteiger partial charge in [-0.1, -0.05) is 18.2 Å². The largest absolute Gasteiger partial charge is 0.480 e. The first-order valence-electron chi connectivity index (χ1n) is 9.89. The molecule has 2 amide bonds. The second-order valence-electron chi connectivity index (χ2n) is 7.49. The van der Waals surface area contributed by atoms with Gasteiger partial charge in [0.15, 0.2) is 0 Å². The predicted molar refractivity (Wildman–Crippen MR) is 108 cm³/mol. The standard InChI is InChI=1S/C22H25N3O4/c1-28-20-18(9-5-12-23-20)21(27)24-13-6-10-22(11-14-24)16-25(19(26)15-29-22)17-7-3-2-4-8-17/h2-5,7-9,12H,6,10-11,13-16H2,1H3. The molecule has 2 aromatic rings. The molecule has 2 aliphatic rings. The highest BCUT2D eigenvalue weighted by atomic mass is 16.5. The van der Waals surface area contributed by atoms with Crippen LogP contribution in [0.1, 0.15) is 29.6 Å². The average Bonchev–Trinajstić information content (AvgIpc) is 2.98. The fourth-order valence-electron chi connectivity index (χ4n) is 4.12. The van der Waals surface area contributed by atoms with E-state index in [0.29, 0.717) is 37.5 Å². The third-order valence-electron chi connectivity index (χ3n) is 5.70. The van der Waals surface area contributed by atoms with Crippen molar-refractivity contribution in [1.29, 1.82) is 0 Å². The van der Waals surface area contributed by atoms with Crippen molar-refractivity contribution in [3.05, 3.63) is 54.2 Å². The summed E-state index contributed by atoms with van der Waals surface area (Å²) in [7, 11) is 1.52. The van der Waals surface area contributed by atoms with E-state index in [0.717, 1.165) is 18.5 Å². The molecule has 2 saturated heterocycles. The summed E-state index contributed by atoms with van der Waals surface area (Å²) in [6.45, 7) is 1.78. The number of nitrogens with zero attached hydrogens (tertiary/aromatic N) is 3. The lowest BCUT2D eigenvalue weighted by Crippen LogP contribution is -2.55. The first-order chi connectivity index (χ1) is 14.1. The zero-order valence-electron chi connectivity index (χ0n) is 16.5. The van der Waals surface area contributed by atoms with Crippen molar-refractivity contribution in [2.24, 2.45) is 0 Å². The summed E-state index contributed by atoms with van der Waals surface area (Å²) in [5.74, 6) is 0.226. The molecule has 0 radical (unpaired) electrons. The fraction of sp³-hybridized carbons (Fsp3) is 0.409. The highest BCUT2D eigenvalue weighted by Crippen LogP contribution is 2.33. The van der Waals surface area contributed by atoms with Crippen molar-refractivity contribution in [3.8, 4) is 5.88 Å². The summed E-state index contributed by atoms with van der Waals surface area (Å²) in [5.41, 5.74) is 0.923. The van der Waals surface area contributed by atoms with Crippen LogP contribution >= 0.6 is 0 Å². The molecule has 0 bridgehead atoms. The van der Waals surface area contributed by atoms with Gasteiger partial charge in [0.25, 0.3) is 11.8 Å². The van der Waals surface area contributed by atoms with Crippen LogP contribution in [0.5, 0.6) is 5.88 Å². The number of hydrogen-bond acceptors (Lipinski definition) is 5. The number of amides is 2. The Bertz CT molecular complexity index is 889. The molecule has 0 aliphatic carbocycles. The first kappa shape index (κ1) is 19.4. The highest BCUT2D eigenvalue weighted by Gasteiger charge is 2.42. The number of carbonyl (C=O) groups is 2. The zero-order chi connectivity index (χ0) is 20.3. The summed E-state index contributed by atoms with van der Waals surface area (Å²) in [6.07, 6.45) is 3.90. The molecule has 3 heterocycles. The second kappa shape index (κ2) is 8.21. The number of hydrogen-bond donors (Lipinski definition) is 0. The zero-order valence-corrected chi connectivity index (χ0v) is 16.5. The molecular weight excluding hydrogens is 370 g/mol. The Morgan fingerprint density at radius 2 is 1.97 bits per heavy atom. The number of carbonyl (C=O) groups excluding carboxylic acids is 2. The Labute approximate surface area is 170 Å². The molecule has 152 valence electrons. The van der Waals surface area contributed by atoms with Crippen molar-refractivity contribution in [2.75, 3.05) is 38.3 Å². The summed E-state index contributed by atoms with van der Waals surface area (Å²) in [6, 6.07) is 13.2. The number of ether oxygens (including phenoxy) is 2. The van der Waals surface area contributed by atoms with E-state index in [1.807, 2.05) is 40.1 Å². The summed E-state index contributed by atoms with van der Waals surface area (Å²) in [4.78, 5) is 33.3. The van der Waals surface area contributed by atoms with Crippen LogP contribution < -0.4 is 9.64 Å². The van der Waals surface area contributed by atoms with Crippen LogP contribution in [0, 0.1) is 0 Å². The normalized spacial score (nSPS) is 22.4. The maximum Gasteiger partial charge on any atom is 0.259 e. The van der Waals surface area contributed by atoms with E-state index in [1.54, 1.807) is 18.3 Å². The van der Waals surface area contributed by atoms with Crippen molar-refractivity contribution < 1.29 is 19.1 Å². The molecule has 1 atom stereocenters. The minimum absolute atomic E-state index is 0.0286. The van der Waals surface area contributed by atoms with E-state index in [1.165, 1.54) is 7.11 Å². The van der Waals surface area contributed by atoms with Gasteiger partial charge >= 0.3 is 0 Å². The van der Waals surface area contributed by atoms with Crippen LogP contribution in [0.2, 0.25) is 0 Å². The Balaban J connectivity index is 1.49. The number of benzene rings is 1. The lowest BCUT2D eigenvalue weighted by Gasteiger charge is -2.42. The van der Waals surface area contributed by atoms with E-state index < -0.39 is 5.60 Å². The van der Waals surface area contributed by atoms with Gasteiger partial charge in [-0.05, 0) is 43.5 Å². The van der Waals surface area contributed by atoms with Crippen LogP contribution in [0.4, 0.5) is 5.69 Å². The molecule has 2 fully saturated rings. The van der Waals surface area contributed by atoms with Gasteiger partial charge < -0.3 is 19.3 Å². The summed E-state index contributed by atoms with van der Waals surface area (Å²) < 4.78 is 11.3. The lowest BCUT2D eigenvalue weighted by atomic mass is 9.92. The Morgan fingerprint density at radius 3 is 2.76 bits per heavy atom. The number of aromatic nitrogens is 1. The summed E-state index contributed by atoms with van der Waals surface area (Å²) in [5, 5.41) is 0. The van der Waals surface area contributed by atoms with Crippen LogP contribution in [0.3, 0.4) is 0 Å². The maximum absolute atomic E-state index is 13.0. The van der Waals surface area contributed by atoms with Gasteiger partial charge in [-0.15, -0.1) is 0 Å². The minimum Gasteiger partial charge on any atom is -0.480 e. The predicted octanol–water partition coefficient (Wildman–Crippen LogP) is 2.52. The number of likely N-dealkylation sites (tertiary alicyclic amines) is 1. The van der Waals surface area contributed by atoms with Gasteiger partial charge in [-0.3, -0.25) is 9.59 Å². The van der Waals surface area contributed by atoms with Crippen molar-refractivity contribution in [3.63, 3.8) is 0 Å². The van der Waals surface area contributed by atoms with E-state index in [-0.39, 0.29) is 18.4 Å². The quantitative estimate of drug-likeness (QED) is 0.799. The molecule has 4 rings (SSSR count). The summed E-state index contributed by atoms with van der Waals surface area (Å²) >= 11 is 0. The van der Waals surface area contributed by atoms with Crippen LogP contribution in [0.15, 0.2) is 48.7 Å². The number of para-hydroxylation sites is 1. The fourth-order valence-corrected chi connectivity index (χ4v) is 4.12. The van der Waals surface area contributed by atoms with Gasteiger partial charge in [0, 0.05) is 25.0 Å². The molecule has 1 aromatic carbocycles. The molecule has 7 heteroatoms. The Hall–Kier alpha value is -2.93. The van der Waals surface area contributed by atoms with Crippen molar-refractivity contribution >= 4 is 17.5 Å². The number of rotatable bonds is 3. The van der Waals surface area contributed by atoms with Gasteiger partial charge in [0.2, 0.25) is 5.88 Å². The first-order valence-corrected chi connectivity index (χ1v) is 9.89. The van der Waals surface area contributed by atoms with Crippen molar-refractivity contribution in [2.45, 2.75) is 24.9 Å². The smallest absolute Gasteiger partial charge is 0.259 e. The topological polar surface area (TPSA) is 72.0 Å². The van der Waals surface area contributed by atoms with Gasteiger partial charge in [0.05, 0.1) is 19.3 Å². The Kier molecular flexibility index (Phi) is 5.49. The highest BCUT2D eigenvalue weighted by molar-refractivity contribution is 5.96. The molecule has 2 aliphatic heterocycles. The van der Waals surface area contributed by atoms with Crippen molar-refractivity contribution in [1.82, 2.24) is 9.88 Å². The lowest BCUT2D eigenvalue weighted by molar-refractivity contribution is -0.140. The van der Waals surface area contributed by atoms with Crippen LogP contribution in [-0.4, -0.2) is 60.7 Å². The Morgan fingerprint density at radius 1 is 1.14 bits per heavy atom. The maximum atomic E-state index is 13.0. The molecular formula is C22H25N3O4. The minimum atomic E-state index is -0.433. The third kappa shape index (κ3) is 3.96. The van der Waals surface area contributed by atoms with Crippen LogP contribution in [-0.2, 0) is 9.53 Å². The molecule has 0 saturated carbocycles. The van der Waals surface area contributed by atoms with E-state index in [4.69, 9.17) is 9.47 Å². The second-order valence-corrected chi connectivity index (χ2v) is 7.49. The number of anilines is 1. The molecule has 1 unspecified atom stereocenters. The number of pyridine rings is 1. The van der Waals surface area contributed by atoms with Gasteiger partial charge in [-0.25, -0.2) is 4.98 Å². The number of morpholine rings is 1. The third-order valence-corrected chi connectivity index (χ3v) is 5.70. The average molecular weight is 395 g/mol.